The fourth-order valence-corrected chi connectivity index (χ4v) is 3.63. The number of thiazole rings is 1. The molecular formula is C12H20N2OS2. The number of nitrogens with zero attached hydrogens (tertiary/aromatic N) is 1. The maximum atomic E-state index is 5.86. The second-order valence-corrected chi connectivity index (χ2v) is 6.42. The van der Waals surface area contributed by atoms with Gasteiger partial charge >= 0.3 is 0 Å². The lowest BCUT2D eigenvalue weighted by Crippen LogP contribution is -2.46. The van der Waals surface area contributed by atoms with E-state index in [9.17, 15) is 0 Å². The molecule has 1 saturated heterocycles. The smallest absolute Gasteiger partial charge is 0.0897 e. The molecule has 0 spiro atoms. The predicted octanol–water partition coefficient (Wildman–Crippen LogP) is 2.10. The van der Waals surface area contributed by atoms with E-state index in [4.69, 9.17) is 4.74 Å². The molecule has 0 amide bonds. The predicted molar refractivity (Wildman–Crippen MR) is 75.1 cm³/mol. The Hall–Kier alpha value is -0.100. The van der Waals surface area contributed by atoms with Crippen LogP contribution in [0.2, 0.25) is 0 Å². The molecule has 0 radical (unpaired) electrons. The van der Waals surface area contributed by atoms with Gasteiger partial charge in [-0.3, -0.25) is 0 Å². The minimum absolute atomic E-state index is 0.329. The van der Waals surface area contributed by atoms with Gasteiger partial charge in [-0.2, -0.15) is 11.8 Å². The quantitative estimate of drug-likeness (QED) is 0.890. The van der Waals surface area contributed by atoms with Gasteiger partial charge in [0.25, 0.3) is 0 Å². The number of likely N-dealkylation sites (N-methyl/N-ethyl adjacent to an activating group) is 1. The molecule has 1 aliphatic rings. The molecule has 5 heteroatoms. The van der Waals surface area contributed by atoms with E-state index in [1.807, 2.05) is 11.8 Å². The van der Waals surface area contributed by atoms with Gasteiger partial charge in [-0.05, 0) is 13.5 Å². The molecule has 0 aromatic carbocycles. The van der Waals surface area contributed by atoms with E-state index in [0.29, 0.717) is 12.1 Å². The normalized spacial score (nSPS) is 22.6. The Bertz CT molecular complexity index is 337. The van der Waals surface area contributed by atoms with Crippen molar-refractivity contribution in [1.82, 2.24) is 10.3 Å². The van der Waals surface area contributed by atoms with E-state index >= 15 is 0 Å². The summed E-state index contributed by atoms with van der Waals surface area (Å²) in [6, 6.07) is 0.397. The van der Waals surface area contributed by atoms with Crippen molar-refractivity contribution in [3.63, 3.8) is 0 Å². The summed E-state index contributed by atoms with van der Waals surface area (Å²) in [5.41, 5.74) is 1.19. The van der Waals surface area contributed by atoms with Gasteiger partial charge in [-0.1, -0.05) is 6.92 Å². The van der Waals surface area contributed by atoms with Gasteiger partial charge in [-0.15, -0.1) is 11.3 Å². The molecule has 0 bridgehead atoms. The topological polar surface area (TPSA) is 34.2 Å². The number of hydrogen-bond donors (Lipinski definition) is 1. The molecule has 2 rings (SSSR count). The van der Waals surface area contributed by atoms with Gasteiger partial charge in [0.05, 0.1) is 23.4 Å². The number of hydrogen-bond acceptors (Lipinski definition) is 5. The molecule has 2 atom stereocenters. The van der Waals surface area contributed by atoms with Crippen molar-refractivity contribution in [2.45, 2.75) is 32.4 Å². The highest BCUT2D eigenvalue weighted by Gasteiger charge is 2.24. The van der Waals surface area contributed by atoms with Crippen molar-refractivity contribution >= 4 is 23.1 Å². The van der Waals surface area contributed by atoms with E-state index in [2.05, 4.69) is 29.5 Å². The molecule has 96 valence electrons. The molecule has 1 aliphatic heterocycles. The molecule has 1 N–H and O–H groups in total. The van der Waals surface area contributed by atoms with Crippen LogP contribution in [0.4, 0.5) is 0 Å². The highest BCUT2D eigenvalue weighted by Crippen LogP contribution is 2.19. The maximum Gasteiger partial charge on any atom is 0.0897 e. The lowest BCUT2D eigenvalue weighted by molar-refractivity contribution is 0.0474. The largest absolute Gasteiger partial charge is 0.375 e. The van der Waals surface area contributed by atoms with Crippen LogP contribution in [0, 0.1) is 6.92 Å². The van der Waals surface area contributed by atoms with Gasteiger partial charge < -0.3 is 10.1 Å². The maximum absolute atomic E-state index is 5.86. The van der Waals surface area contributed by atoms with Gasteiger partial charge in [-0.25, -0.2) is 4.98 Å². The van der Waals surface area contributed by atoms with Crippen molar-refractivity contribution in [3.8, 4) is 0 Å². The number of aryl methyl sites for hydroxylation is 1. The monoisotopic (exact) mass is 272 g/mol. The Morgan fingerprint density at radius 1 is 1.65 bits per heavy atom. The van der Waals surface area contributed by atoms with E-state index in [1.54, 1.807) is 11.3 Å². The molecule has 0 saturated carbocycles. The molecule has 2 heterocycles. The third-order valence-electron chi connectivity index (χ3n) is 2.85. The van der Waals surface area contributed by atoms with E-state index in [0.717, 1.165) is 36.1 Å². The molecule has 2 unspecified atom stereocenters. The van der Waals surface area contributed by atoms with Crippen LogP contribution in [0.5, 0.6) is 0 Å². The lowest BCUT2D eigenvalue weighted by atomic mass is 10.1. The molecule has 0 aliphatic carbocycles. The van der Waals surface area contributed by atoms with Crippen LogP contribution in [0.15, 0.2) is 5.38 Å². The third-order valence-corrected chi connectivity index (χ3v) is 4.69. The molecule has 1 fully saturated rings. The van der Waals surface area contributed by atoms with E-state index < -0.39 is 0 Å². The molecular weight excluding hydrogens is 252 g/mol. The highest BCUT2D eigenvalue weighted by molar-refractivity contribution is 7.99. The average Bonchev–Trinajstić information content (AvgIpc) is 2.75. The second kappa shape index (κ2) is 6.73. The van der Waals surface area contributed by atoms with Crippen LogP contribution in [0.3, 0.4) is 0 Å². The number of thioether (sulfide) groups is 1. The van der Waals surface area contributed by atoms with Gasteiger partial charge in [0.15, 0.2) is 0 Å². The first kappa shape index (κ1) is 13.3. The number of nitrogens with one attached hydrogen (secondary N) is 1. The van der Waals surface area contributed by atoms with Crippen molar-refractivity contribution < 1.29 is 4.74 Å². The Balaban J connectivity index is 1.95. The van der Waals surface area contributed by atoms with Gasteiger partial charge in [0, 0.05) is 29.3 Å². The first-order valence-corrected chi connectivity index (χ1v) is 8.16. The van der Waals surface area contributed by atoms with Gasteiger partial charge in [0.1, 0.15) is 0 Å². The van der Waals surface area contributed by atoms with E-state index in [1.165, 1.54) is 5.69 Å². The van der Waals surface area contributed by atoms with Crippen molar-refractivity contribution in [2.24, 2.45) is 0 Å². The third kappa shape index (κ3) is 3.95. The van der Waals surface area contributed by atoms with E-state index in [-0.39, 0.29) is 0 Å². The van der Waals surface area contributed by atoms with Crippen LogP contribution in [-0.2, 0) is 11.2 Å². The fourth-order valence-electron chi connectivity index (χ4n) is 2.06. The molecule has 1 aromatic rings. The lowest BCUT2D eigenvalue weighted by Gasteiger charge is -2.30. The minimum atomic E-state index is 0.329. The Morgan fingerprint density at radius 2 is 2.53 bits per heavy atom. The van der Waals surface area contributed by atoms with Crippen molar-refractivity contribution in [1.29, 1.82) is 0 Å². The zero-order valence-electron chi connectivity index (χ0n) is 10.4. The number of aromatic nitrogens is 1. The molecule has 1 aromatic heterocycles. The zero-order chi connectivity index (χ0) is 12.1. The summed E-state index contributed by atoms with van der Waals surface area (Å²) in [6.45, 7) is 6.07. The zero-order valence-corrected chi connectivity index (χ0v) is 12.1. The number of rotatable bonds is 5. The van der Waals surface area contributed by atoms with Crippen LogP contribution >= 0.6 is 23.1 Å². The van der Waals surface area contributed by atoms with Crippen molar-refractivity contribution in [3.05, 3.63) is 16.1 Å². The first-order valence-electron chi connectivity index (χ1n) is 6.13. The van der Waals surface area contributed by atoms with Gasteiger partial charge in [0.2, 0.25) is 0 Å². The summed E-state index contributed by atoms with van der Waals surface area (Å²) in [4.78, 5) is 4.54. The Kier molecular flexibility index (Phi) is 5.28. The first-order chi connectivity index (χ1) is 8.29. The van der Waals surface area contributed by atoms with Crippen LogP contribution < -0.4 is 5.32 Å². The standard InChI is InChI=1S/C12H20N2OS2/c1-3-13-11(12-8-16-5-4-15-12)6-10-7-17-9(2)14-10/h7,11-13H,3-6,8H2,1-2H3. The van der Waals surface area contributed by atoms with Crippen molar-refractivity contribution in [2.75, 3.05) is 24.7 Å². The summed E-state index contributed by atoms with van der Waals surface area (Å²) in [7, 11) is 0. The fraction of sp³-hybridized carbons (Fsp3) is 0.750. The van der Waals surface area contributed by atoms with Crippen LogP contribution in [0.1, 0.15) is 17.6 Å². The Labute approximate surface area is 111 Å². The average molecular weight is 272 g/mol. The van der Waals surface area contributed by atoms with Crippen LogP contribution in [0.25, 0.3) is 0 Å². The summed E-state index contributed by atoms with van der Waals surface area (Å²) in [5, 5.41) is 6.85. The summed E-state index contributed by atoms with van der Waals surface area (Å²) >= 11 is 3.72. The van der Waals surface area contributed by atoms with Crippen LogP contribution in [-0.4, -0.2) is 41.8 Å². The molecule has 17 heavy (non-hydrogen) atoms. The summed E-state index contributed by atoms with van der Waals surface area (Å²) in [6.07, 6.45) is 1.30. The molecule has 3 nitrogen and oxygen atoms in total. The SMILES string of the molecule is CCNC(Cc1csc(C)n1)C1CSCCO1. The minimum Gasteiger partial charge on any atom is -0.375 e. The summed E-state index contributed by atoms with van der Waals surface area (Å²) < 4.78 is 5.86. The summed E-state index contributed by atoms with van der Waals surface area (Å²) in [5.74, 6) is 2.23. The Morgan fingerprint density at radius 3 is 3.12 bits per heavy atom. The number of ether oxygens (including phenoxy) is 1. The second-order valence-electron chi connectivity index (χ2n) is 4.21. The highest BCUT2D eigenvalue weighted by atomic mass is 32.2.